The molecule has 2 nitrogen and oxygen atoms in total. The molecule has 2 rings (SSSR count). The van der Waals surface area contributed by atoms with E-state index < -0.39 is 11.7 Å². The topological polar surface area (TPSA) is 24.9 Å². The Labute approximate surface area is 119 Å². The third-order valence-corrected chi connectivity index (χ3v) is 4.07. The van der Waals surface area contributed by atoms with Crippen molar-refractivity contribution >= 4 is 17.0 Å². The maximum absolute atomic E-state index is 12.8. The van der Waals surface area contributed by atoms with Gasteiger partial charge in [0.25, 0.3) is 0 Å². The van der Waals surface area contributed by atoms with Gasteiger partial charge in [-0.1, -0.05) is 6.07 Å². The van der Waals surface area contributed by atoms with Gasteiger partial charge in [0.1, 0.15) is 0 Å². The summed E-state index contributed by atoms with van der Waals surface area (Å²) in [4.78, 5) is 5.33. The van der Waals surface area contributed by atoms with E-state index in [4.69, 9.17) is 0 Å². The third-order valence-electron chi connectivity index (χ3n) is 3.00. The highest BCUT2D eigenvalue weighted by Gasteiger charge is 2.32. The zero-order valence-electron chi connectivity index (χ0n) is 11.4. The smallest absolute Gasteiger partial charge is 0.380 e. The number of nitrogens with one attached hydrogen (secondary N) is 1. The summed E-state index contributed by atoms with van der Waals surface area (Å²) in [6, 6.07) is 4.29. The van der Waals surface area contributed by atoms with Gasteiger partial charge >= 0.3 is 6.18 Å². The van der Waals surface area contributed by atoms with Crippen LogP contribution in [0.2, 0.25) is 0 Å². The van der Waals surface area contributed by atoms with Crippen LogP contribution in [0.3, 0.4) is 0 Å². The minimum atomic E-state index is -4.32. The number of thiazole rings is 1. The summed E-state index contributed by atoms with van der Waals surface area (Å²) in [6.07, 6.45) is -4.32. The predicted octanol–water partition coefficient (Wildman–Crippen LogP) is 4.70. The van der Waals surface area contributed by atoms with Crippen molar-refractivity contribution in [3.63, 3.8) is 0 Å². The quantitative estimate of drug-likeness (QED) is 0.888. The molecule has 0 aliphatic rings. The maximum Gasteiger partial charge on any atom is 0.416 e. The zero-order valence-corrected chi connectivity index (χ0v) is 12.2. The number of anilines is 1. The molecule has 0 spiro atoms. The molecule has 0 unspecified atom stereocenters. The number of benzene rings is 1. The normalized spacial score (nSPS) is 11.7. The monoisotopic (exact) mass is 300 g/mol. The van der Waals surface area contributed by atoms with Gasteiger partial charge in [-0.05, 0) is 38.5 Å². The molecule has 0 radical (unpaired) electrons. The van der Waals surface area contributed by atoms with Crippen molar-refractivity contribution in [3.05, 3.63) is 44.9 Å². The predicted molar refractivity (Wildman–Crippen MR) is 75.1 cm³/mol. The molecule has 0 amide bonds. The Kier molecular flexibility index (Phi) is 4.04. The van der Waals surface area contributed by atoms with Crippen molar-refractivity contribution in [2.75, 3.05) is 5.32 Å². The lowest BCUT2D eigenvalue weighted by atomic mass is 10.1. The fourth-order valence-corrected chi connectivity index (χ4v) is 2.83. The minimum absolute atomic E-state index is 0.230. The van der Waals surface area contributed by atoms with E-state index in [1.165, 1.54) is 13.0 Å². The minimum Gasteiger partial charge on any atom is -0.380 e. The Balaban J connectivity index is 2.16. The van der Waals surface area contributed by atoms with Gasteiger partial charge in [-0.3, -0.25) is 0 Å². The lowest BCUT2D eigenvalue weighted by Crippen LogP contribution is -2.08. The Morgan fingerprint density at radius 2 is 1.90 bits per heavy atom. The molecule has 1 heterocycles. The molecule has 1 aromatic heterocycles. The maximum atomic E-state index is 12.8. The Hall–Kier alpha value is -1.56. The van der Waals surface area contributed by atoms with Gasteiger partial charge in [0.05, 0.1) is 22.8 Å². The number of rotatable bonds is 3. The van der Waals surface area contributed by atoms with E-state index in [9.17, 15) is 13.2 Å². The molecular weight excluding hydrogens is 285 g/mol. The largest absolute Gasteiger partial charge is 0.416 e. The van der Waals surface area contributed by atoms with Gasteiger partial charge in [0.2, 0.25) is 0 Å². The van der Waals surface area contributed by atoms with Gasteiger partial charge < -0.3 is 5.32 Å². The lowest BCUT2D eigenvalue weighted by Gasteiger charge is -2.13. The van der Waals surface area contributed by atoms with Crippen LogP contribution in [0, 0.1) is 20.8 Å². The van der Waals surface area contributed by atoms with Crippen LogP contribution in [0.5, 0.6) is 0 Å². The van der Waals surface area contributed by atoms with Crippen molar-refractivity contribution < 1.29 is 13.2 Å². The molecule has 6 heteroatoms. The van der Waals surface area contributed by atoms with Crippen LogP contribution in [0.25, 0.3) is 0 Å². The summed E-state index contributed by atoms with van der Waals surface area (Å²) in [6.45, 7) is 5.76. The zero-order chi connectivity index (χ0) is 14.9. The van der Waals surface area contributed by atoms with E-state index in [0.717, 1.165) is 21.6 Å². The molecule has 0 aliphatic heterocycles. The van der Waals surface area contributed by atoms with E-state index in [2.05, 4.69) is 10.3 Å². The Morgan fingerprint density at radius 3 is 2.45 bits per heavy atom. The molecule has 0 saturated carbocycles. The molecular formula is C14H15F3N2S. The first-order chi connectivity index (χ1) is 9.27. The summed E-state index contributed by atoms with van der Waals surface area (Å²) in [7, 11) is 0. The molecule has 0 bridgehead atoms. The number of hydrogen-bond acceptors (Lipinski definition) is 3. The number of halogens is 3. The molecule has 20 heavy (non-hydrogen) atoms. The SMILES string of the molecule is Cc1nc(C)c(CNc2ccc(C)c(C(F)(F)F)c2)s1. The number of nitrogens with zero attached hydrogens (tertiary/aromatic N) is 1. The van der Waals surface area contributed by atoms with Crippen LogP contribution in [-0.4, -0.2) is 4.98 Å². The molecule has 1 N–H and O–H groups in total. The third kappa shape index (κ3) is 3.30. The van der Waals surface area contributed by atoms with E-state index in [-0.39, 0.29) is 5.56 Å². The summed E-state index contributed by atoms with van der Waals surface area (Å²) >= 11 is 1.55. The summed E-state index contributed by atoms with van der Waals surface area (Å²) in [5.41, 5.74) is 1.02. The van der Waals surface area contributed by atoms with Crippen molar-refractivity contribution in [1.82, 2.24) is 4.98 Å². The van der Waals surface area contributed by atoms with Gasteiger partial charge in [0, 0.05) is 10.6 Å². The first kappa shape index (κ1) is 14.8. The molecule has 0 saturated heterocycles. The highest BCUT2D eigenvalue weighted by Crippen LogP contribution is 2.33. The number of aryl methyl sites for hydroxylation is 3. The molecule has 0 aliphatic carbocycles. The van der Waals surface area contributed by atoms with E-state index in [1.54, 1.807) is 17.4 Å². The van der Waals surface area contributed by atoms with E-state index in [0.29, 0.717) is 12.2 Å². The highest BCUT2D eigenvalue weighted by atomic mass is 32.1. The van der Waals surface area contributed by atoms with Crippen LogP contribution < -0.4 is 5.32 Å². The van der Waals surface area contributed by atoms with Gasteiger partial charge in [0.15, 0.2) is 0 Å². The average Bonchev–Trinajstić information content (AvgIpc) is 2.65. The van der Waals surface area contributed by atoms with Crippen LogP contribution >= 0.6 is 11.3 Å². The molecule has 108 valence electrons. The van der Waals surface area contributed by atoms with Crippen LogP contribution in [-0.2, 0) is 12.7 Å². The van der Waals surface area contributed by atoms with Crippen molar-refractivity contribution in [1.29, 1.82) is 0 Å². The van der Waals surface area contributed by atoms with Crippen LogP contribution in [0.1, 0.15) is 26.7 Å². The molecule has 0 atom stereocenters. The molecule has 0 fully saturated rings. The second-order valence-electron chi connectivity index (χ2n) is 4.62. The second kappa shape index (κ2) is 5.44. The highest BCUT2D eigenvalue weighted by molar-refractivity contribution is 7.11. The number of alkyl halides is 3. The van der Waals surface area contributed by atoms with E-state index >= 15 is 0 Å². The van der Waals surface area contributed by atoms with Crippen molar-refractivity contribution in [2.45, 2.75) is 33.5 Å². The fraction of sp³-hybridized carbons (Fsp3) is 0.357. The van der Waals surface area contributed by atoms with Crippen molar-refractivity contribution in [3.8, 4) is 0 Å². The molecule has 1 aromatic carbocycles. The van der Waals surface area contributed by atoms with Crippen LogP contribution in [0.15, 0.2) is 18.2 Å². The lowest BCUT2D eigenvalue weighted by molar-refractivity contribution is -0.138. The van der Waals surface area contributed by atoms with Crippen LogP contribution in [0.4, 0.5) is 18.9 Å². The fourth-order valence-electron chi connectivity index (χ4n) is 1.96. The summed E-state index contributed by atoms with van der Waals surface area (Å²) < 4.78 is 38.5. The Bertz CT molecular complexity index is 617. The van der Waals surface area contributed by atoms with Gasteiger partial charge in [-0.2, -0.15) is 13.2 Å². The first-order valence-corrected chi connectivity index (χ1v) is 6.93. The van der Waals surface area contributed by atoms with Gasteiger partial charge in [-0.15, -0.1) is 11.3 Å². The van der Waals surface area contributed by atoms with Crippen molar-refractivity contribution in [2.24, 2.45) is 0 Å². The van der Waals surface area contributed by atoms with Gasteiger partial charge in [-0.25, -0.2) is 4.98 Å². The summed E-state index contributed by atoms with van der Waals surface area (Å²) in [5.74, 6) is 0. The standard InChI is InChI=1S/C14H15F3N2S/c1-8-4-5-11(6-12(8)14(15,16)17)18-7-13-9(2)19-10(3)20-13/h4-6,18H,7H2,1-3H3. The second-order valence-corrected chi connectivity index (χ2v) is 5.91. The summed E-state index contributed by atoms with van der Waals surface area (Å²) in [5, 5.41) is 3.98. The molecule has 2 aromatic rings. The first-order valence-electron chi connectivity index (χ1n) is 6.12. The number of hydrogen-bond donors (Lipinski definition) is 1. The Morgan fingerprint density at radius 1 is 1.20 bits per heavy atom. The van der Waals surface area contributed by atoms with E-state index in [1.807, 2.05) is 13.8 Å². The average molecular weight is 300 g/mol. The number of aromatic nitrogens is 1.